The summed E-state index contributed by atoms with van der Waals surface area (Å²) in [6.45, 7) is 10.5. The minimum atomic E-state index is 0.244. The molecule has 3 heterocycles. The molecule has 6 heteroatoms. The summed E-state index contributed by atoms with van der Waals surface area (Å²) in [5.74, 6) is 1.74. The van der Waals surface area contributed by atoms with Gasteiger partial charge in [0, 0.05) is 30.4 Å². The molecule has 1 unspecified atom stereocenters. The van der Waals surface area contributed by atoms with Crippen molar-refractivity contribution in [2.45, 2.75) is 32.7 Å². The molecule has 2 N–H and O–H groups in total. The van der Waals surface area contributed by atoms with Gasteiger partial charge in [-0.1, -0.05) is 19.9 Å². The number of guanidine groups is 1. The fourth-order valence-electron chi connectivity index (χ4n) is 3.49. The van der Waals surface area contributed by atoms with Gasteiger partial charge in [0.2, 0.25) is 0 Å². The molecule has 0 bridgehead atoms. The molecule has 0 amide bonds. The van der Waals surface area contributed by atoms with Gasteiger partial charge in [-0.25, -0.2) is 0 Å². The topological polar surface area (TPSA) is 48.9 Å². The molecule has 1 aromatic rings. The lowest BCUT2D eigenvalue weighted by atomic mass is 9.89. The average molecular weight is 365 g/mol. The largest absolute Gasteiger partial charge is 0.380 e. The number of thiophene rings is 1. The van der Waals surface area contributed by atoms with Gasteiger partial charge in [-0.15, -0.1) is 11.3 Å². The monoisotopic (exact) mass is 364 g/mol. The highest BCUT2D eigenvalue weighted by Crippen LogP contribution is 2.29. The van der Waals surface area contributed by atoms with E-state index in [0.717, 1.165) is 38.2 Å². The van der Waals surface area contributed by atoms with Crippen LogP contribution in [0.15, 0.2) is 22.5 Å². The van der Waals surface area contributed by atoms with Gasteiger partial charge in [-0.05, 0) is 43.3 Å². The Balaban J connectivity index is 1.56. The Morgan fingerprint density at radius 1 is 1.40 bits per heavy atom. The summed E-state index contributed by atoms with van der Waals surface area (Å²) in [5.41, 5.74) is 0.244. The minimum Gasteiger partial charge on any atom is -0.380 e. The van der Waals surface area contributed by atoms with Crippen molar-refractivity contribution in [3.8, 4) is 0 Å². The van der Waals surface area contributed by atoms with Gasteiger partial charge < -0.3 is 15.4 Å². The van der Waals surface area contributed by atoms with Crippen LogP contribution in [0.4, 0.5) is 0 Å². The number of hydrogen-bond donors (Lipinski definition) is 2. The van der Waals surface area contributed by atoms with E-state index in [0.29, 0.717) is 6.04 Å². The van der Waals surface area contributed by atoms with Gasteiger partial charge in [0.15, 0.2) is 5.96 Å². The molecule has 3 rings (SSSR count). The van der Waals surface area contributed by atoms with Crippen molar-refractivity contribution in [2.24, 2.45) is 16.3 Å². The maximum atomic E-state index is 5.33. The smallest absolute Gasteiger partial charge is 0.191 e. The Hall–Kier alpha value is -1.11. The molecule has 5 nitrogen and oxygen atoms in total. The Kier molecular flexibility index (Phi) is 6.36. The van der Waals surface area contributed by atoms with Crippen LogP contribution >= 0.6 is 11.3 Å². The fraction of sp³-hybridized carbons (Fsp3) is 0.737. The Morgan fingerprint density at radius 3 is 2.72 bits per heavy atom. The fourth-order valence-corrected chi connectivity index (χ4v) is 4.36. The second kappa shape index (κ2) is 8.52. The second-order valence-electron chi connectivity index (χ2n) is 7.86. The lowest BCUT2D eigenvalue weighted by Crippen LogP contribution is -2.52. The van der Waals surface area contributed by atoms with Gasteiger partial charge >= 0.3 is 0 Å². The van der Waals surface area contributed by atoms with E-state index in [-0.39, 0.29) is 5.41 Å². The molecule has 0 saturated carbocycles. The molecule has 2 saturated heterocycles. The van der Waals surface area contributed by atoms with E-state index in [1.54, 1.807) is 0 Å². The van der Waals surface area contributed by atoms with Gasteiger partial charge in [0.05, 0.1) is 19.3 Å². The summed E-state index contributed by atoms with van der Waals surface area (Å²) in [5, 5.41) is 9.20. The van der Waals surface area contributed by atoms with E-state index < -0.39 is 0 Å². The molecule has 2 fully saturated rings. The van der Waals surface area contributed by atoms with Gasteiger partial charge in [0.1, 0.15) is 0 Å². The molecule has 1 aromatic heterocycles. The zero-order valence-electron chi connectivity index (χ0n) is 15.8. The van der Waals surface area contributed by atoms with E-state index in [1.165, 1.54) is 30.8 Å². The van der Waals surface area contributed by atoms with Gasteiger partial charge in [0.25, 0.3) is 0 Å². The molecule has 140 valence electrons. The minimum absolute atomic E-state index is 0.244. The number of rotatable bonds is 6. The van der Waals surface area contributed by atoms with Crippen LogP contribution in [-0.4, -0.2) is 57.3 Å². The Morgan fingerprint density at radius 2 is 2.16 bits per heavy atom. The summed E-state index contributed by atoms with van der Waals surface area (Å²) >= 11 is 1.86. The molecular weight excluding hydrogens is 332 g/mol. The average Bonchev–Trinajstić information content (AvgIpc) is 3.12. The maximum absolute atomic E-state index is 5.33. The highest BCUT2D eigenvalue weighted by molar-refractivity contribution is 7.10. The third-order valence-corrected chi connectivity index (χ3v) is 6.37. The first kappa shape index (κ1) is 18.7. The summed E-state index contributed by atoms with van der Waals surface area (Å²) in [6.07, 6.45) is 2.60. The van der Waals surface area contributed by atoms with Crippen molar-refractivity contribution in [3.63, 3.8) is 0 Å². The standard InChI is InChI=1S/C19H32N4OS/c1-15-6-8-23(9-7-15)16(17-5-4-10-25-17)11-21-18(20-3)22-12-19(2)13-24-14-19/h4-5,10,15-16H,6-9,11-14H2,1-3H3,(H2,20,21,22). The Labute approximate surface area is 155 Å². The summed E-state index contributed by atoms with van der Waals surface area (Å²) in [4.78, 5) is 8.47. The first-order valence-electron chi connectivity index (χ1n) is 9.39. The third kappa shape index (κ3) is 4.96. The highest BCUT2D eigenvalue weighted by Gasteiger charge is 2.33. The predicted octanol–water partition coefficient (Wildman–Crippen LogP) is 2.72. The second-order valence-corrected chi connectivity index (χ2v) is 8.84. The summed E-state index contributed by atoms with van der Waals surface area (Å²) < 4.78 is 5.33. The number of nitrogens with one attached hydrogen (secondary N) is 2. The quantitative estimate of drug-likeness (QED) is 0.602. The zero-order chi connectivity index (χ0) is 17.7. The van der Waals surface area contributed by atoms with Crippen LogP contribution in [0, 0.1) is 11.3 Å². The lowest BCUT2D eigenvalue weighted by molar-refractivity contribution is -0.0971. The van der Waals surface area contributed by atoms with Crippen molar-refractivity contribution in [1.29, 1.82) is 0 Å². The molecule has 25 heavy (non-hydrogen) atoms. The van der Waals surface area contributed by atoms with E-state index >= 15 is 0 Å². The summed E-state index contributed by atoms with van der Waals surface area (Å²) in [6, 6.07) is 4.84. The molecule has 2 aliphatic heterocycles. The van der Waals surface area contributed by atoms with Crippen LogP contribution < -0.4 is 10.6 Å². The SMILES string of the molecule is CN=C(NCC(c1cccs1)N1CCC(C)CC1)NCC1(C)COC1. The van der Waals surface area contributed by atoms with Crippen molar-refractivity contribution >= 4 is 17.3 Å². The third-order valence-electron chi connectivity index (χ3n) is 5.40. The van der Waals surface area contributed by atoms with Crippen molar-refractivity contribution in [3.05, 3.63) is 22.4 Å². The molecular formula is C19H32N4OS. The molecule has 0 spiro atoms. The van der Waals surface area contributed by atoms with Gasteiger partial charge in [-0.3, -0.25) is 9.89 Å². The van der Waals surface area contributed by atoms with Crippen molar-refractivity contribution in [1.82, 2.24) is 15.5 Å². The number of nitrogens with zero attached hydrogens (tertiary/aromatic N) is 2. The van der Waals surface area contributed by atoms with E-state index in [2.05, 4.69) is 51.9 Å². The first-order chi connectivity index (χ1) is 12.1. The van der Waals surface area contributed by atoms with Crippen molar-refractivity contribution in [2.75, 3.05) is 46.4 Å². The van der Waals surface area contributed by atoms with Crippen LogP contribution in [0.3, 0.4) is 0 Å². The summed E-state index contributed by atoms with van der Waals surface area (Å²) in [7, 11) is 1.84. The van der Waals surface area contributed by atoms with E-state index in [1.807, 2.05) is 18.4 Å². The lowest BCUT2D eigenvalue weighted by Gasteiger charge is -2.39. The number of likely N-dealkylation sites (tertiary alicyclic amines) is 1. The van der Waals surface area contributed by atoms with Crippen LogP contribution in [0.5, 0.6) is 0 Å². The highest BCUT2D eigenvalue weighted by atomic mass is 32.1. The normalized spacial score (nSPS) is 23.1. The zero-order valence-corrected chi connectivity index (χ0v) is 16.6. The van der Waals surface area contributed by atoms with Gasteiger partial charge in [-0.2, -0.15) is 0 Å². The number of piperidine rings is 1. The van der Waals surface area contributed by atoms with Crippen molar-refractivity contribution < 1.29 is 4.74 Å². The molecule has 0 aliphatic carbocycles. The number of hydrogen-bond acceptors (Lipinski definition) is 4. The molecule has 0 aromatic carbocycles. The maximum Gasteiger partial charge on any atom is 0.191 e. The van der Waals surface area contributed by atoms with Crippen LogP contribution in [-0.2, 0) is 4.74 Å². The van der Waals surface area contributed by atoms with E-state index in [9.17, 15) is 0 Å². The molecule has 1 atom stereocenters. The molecule has 0 radical (unpaired) electrons. The van der Waals surface area contributed by atoms with Crippen LogP contribution in [0.1, 0.15) is 37.6 Å². The van der Waals surface area contributed by atoms with E-state index in [4.69, 9.17) is 4.74 Å². The van der Waals surface area contributed by atoms with Crippen LogP contribution in [0.25, 0.3) is 0 Å². The van der Waals surface area contributed by atoms with Crippen LogP contribution in [0.2, 0.25) is 0 Å². The number of ether oxygens (including phenoxy) is 1. The first-order valence-corrected chi connectivity index (χ1v) is 10.3. The predicted molar refractivity (Wildman–Crippen MR) is 105 cm³/mol. The molecule has 2 aliphatic rings. The number of aliphatic imine (C=N–C) groups is 1. The Bertz CT molecular complexity index is 548.